The van der Waals surface area contributed by atoms with Crippen LogP contribution in [0.4, 0.5) is 11.4 Å². The number of hydrogen-bond acceptors (Lipinski definition) is 5. The summed E-state index contributed by atoms with van der Waals surface area (Å²) < 4.78 is 0.637. The first kappa shape index (κ1) is 18.8. The Kier molecular flexibility index (Phi) is 4.83. The van der Waals surface area contributed by atoms with E-state index in [1.54, 1.807) is 18.2 Å². The van der Waals surface area contributed by atoms with E-state index >= 15 is 0 Å². The molecule has 0 fully saturated rings. The van der Waals surface area contributed by atoms with Gasteiger partial charge in [-0.05, 0) is 30.3 Å². The van der Waals surface area contributed by atoms with Crippen LogP contribution in [0, 0.1) is 22.5 Å². The number of benzene rings is 2. The van der Waals surface area contributed by atoms with E-state index in [4.69, 9.17) is 6.42 Å². The Morgan fingerprint density at radius 2 is 1.96 bits per heavy atom. The van der Waals surface area contributed by atoms with E-state index < -0.39 is 28.6 Å². The number of non-ortho nitro benzene ring substituents is 1. The minimum absolute atomic E-state index is 0.0402. The number of Topliss-reactive ketones (excluding diaryl/α,β-unsaturated/α-hetero) is 1. The third-order valence-corrected chi connectivity index (χ3v) is 4.85. The molecular weight excluding hydrogens is 416 g/mol. The summed E-state index contributed by atoms with van der Waals surface area (Å²) in [4.78, 5) is 36.9. The van der Waals surface area contributed by atoms with Gasteiger partial charge in [0.2, 0.25) is 0 Å². The highest BCUT2D eigenvalue weighted by molar-refractivity contribution is 9.10. The SMILES string of the molecule is C#CCN1C(=O)C(O)(CC(=O)c2ccc([N+](=O)[O-])cc2)c2cc(Br)ccc21. The highest BCUT2D eigenvalue weighted by Crippen LogP contribution is 2.44. The molecule has 1 amide bonds. The number of nitro benzene ring substituents is 1. The average Bonchev–Trinajstić information content (AvgIpc) is 2.84. The molecule has 0 aliphatic carbocycles. The maximum Gasteiger partial charge on any atom is 0.269 e. The van der Waals surface area contributed by atoms with Gasteiger partial charge in [0.15, 0.2) is 11.4 Å². The Balaban J connectivity index is 1.96. The van der Waals surface area contributed by atoms with E-state index in [1.807, 2.05) is 0 Å². The number of terminal acetylenes is 1. The van der Waals surface area contributed by atoms with E-state index in [1.165, 1.54) is 29.2 Å². The fraction of sp³-hybridized carbons (Fsp3) is 0.158. The molecule has 0 saturated heterocycles. The quantitative estimate of drug-likeness (QED) is 0.341. The predicted octanol–water partition coefficient (Wildman–Crippen LogP) is 2.80. The lowest BCUT2D eigenvalue weighted by Gasteiger charge is -2.21. The summed E-state index contributed by atoms with van der Waals surface area (Å²) in [5, 5.41) is 21.8. The zero-order chi connectivity index (χ0) is 19.8. The van der Waals surface area contributed by atoms with Crippen molar-refractivity contribution in [1.82, 2.24) is 0 Å². The van der Waals surface area contributed by atoms with Gasteiger partial charge in [-0.1, -0.05) is 21.9 Å². The number of hydrogen-bond donors (Lipinski definition) is 1. The summed E-state index contributed by atoms with van der Waals surface area (Å²) in [6, 6.07) is 9.91. The van der Waals surface area contributed by atoms with E-state index in [2.05, 4.69) is 21.9 Å². The van der Waals surface area contributed by atoms with Crippen molar-refractivity contribution in [2.24, 2.45) is 0 Å². The molecule has 0 aromatic heterocycles. The molecule has 2 aromatic rings. The normalized spacial score (nSPS) is 18.1. The lowest BCUT2D eigenvalue weighted by atomic mass is 9.88. The van der Waals surface area contributed by atoms with Crippen LogP contribution in [0.1, 0.15) is 22.3 Å². The van der Waals surface area contributed by atoms with Crippen LogP contribution in [0.3, 0.4) is 0 Å². The monoisotopic (exact) mass is 428 g/mol. The Labute approximate surface area is 162 Å². The average molecular weight is 429 g/mol. The second-order valence-corrected chi connectivity index (χ2v) is 6.94. The summed E-state index contributed by atoms with van der Waals surface area (Å²) in [5.74, 6) is 1.17. The molecule has 0 radical (unpaired) electrons. The standard InChI is InChI=1S/C19H13BrN2O5/c1-2-9-21-16-8-5-13(20)10-15(16)19(25,18(21)24)11-17(23)12-3-6-14(7-4-12)22(26)27/h1,3-8,10,25H,9,11H2. The molecule has 8 heteroatoms. The first-order valence-electron chi connectivity index (χ1n) is 7.83. The zero-order valence-electron chi connectivity index (χ0n) is 13.9. The number of aliphatic hydroxyl groups is 1. The van der Waals surface area contributed by atoms with Crippen molar-refractivity contribution in [2.45, 2.75) is 12.0 Å². The Morgan fingerprint density at radius 3 is 2.56 bits per heavy atom. The molecule has 2 aromatic carbocycles. The minimum Gasteiger partial charge on any atom is -0.375 e. The van der Waals surface area contributed by atoms with Crippen LogP contribution in [0.2, 0.25) is 0 Å². The van der Waals surface area contributed by atoms with E-state index in [0.717, 1.165) is 0 Å². The number of carbonyl (C=O) groups excluding carboxylic acids is 2. The first-order chi connectivity index (χ1) is 12.8. The molecule has 3 rings (SSSR count). The third kappa shape index (κ3) is 3.23. The molecule has 0 spiro atoms. The largest absolute Gasteiger partial charge is 0.375 e. The molecule has 1 aliphatic heterocycles. The van der Waals surface area contributed by atoms with Crippen molar-refractivity contribution in [3.63, 3.8) is 0 Å². The number of rotatable bonds is 5. The molecule has 27 heavy (non-hydrogen) atoms. The van der Waals surface area contributed by atoms with Crippen LogP contribution in [0.15, 0.2) is 46.9 Å². The number of fused-ring (bicyclic) bond motifs is 1. The molecule has 136 valence electrons. The second-order valence-electron chi connectivity index (χ2n) is 6.02. The smallest absolute Gasteiger partial charge is 0.269 e. The summed E-state index contributed by atoms with van der Waals surface area (Å²) in [5.41, 5.74) is -1.33. The van der Waals surface area contributed by atoms with Crippen molar-refractivity contribution in [1.29, 1.82) is 0 Å². The summed E-state index contributed by atoms with van der Waals surface area (Å²) in [6.45, 7) is -0.0402. The number of halogens is 1. The van der Waals surface area contributed by atoms with Crippen molar-refractivity contribution < 1.29 is 19.6 Å². The van der Waals surface area contributed by atoms with Crippen LogP contribution < -0.4 is 4.90 Å². The topological polar surface area (TPSA) is 101 Å². The van der Waals surface area contributed by atoms with E-state index in [-0.39, 0.29) is 23.4 Å². The molecule has 1 atom stereocenters. The summed E-state index contributed by atoms with van der Waals surface area (Å²) in [7, 11) is 0. The molecule has 1 heterocycles. The van der Waals surface area contributed by atoms with Gasteiger partial charge < -0.3 is 5.11 Å². The molecule has 0 bridgehead atoms. The number of ketones is 1. The highest BCUT2D eigenvalue weighted by Gasteiger charge is 2.50. The van der Waals surface area contributed by atoms with E-state index in [0.29, 0.717) is 10.2 Å². The van der Waals surface area contributed by atoms with Crippen LogP contribution in [0.25, 0.3) is 0 Å². The van der Waals surface area contributed by atoms with Crippen molar-refractivity contribution in [3.05, 3.63) is 68.2 Å². The minimum atomic E-state index is -2.06. The molecular formula is C19H13BrN2O5. The Bertz CT molecular complexity index is 996. The molecule has 0 saturated carbocycles. The summed E-state index contributed by atoms with van der Waals surface area (Å²) in [6.07, 6.45) is 4.81. The van der Waals surface area contributed by atoms with Crippen molar-refractivity contribution in [3.8, 4) is 12.3 Å². The number of anilines is 1. The second kappa shape index (κ2) is 6.95. The molecule has 1 aliphatic rings. The van der Waals surface area contributed by atoms with Gasteiger partial charge in [-0.15, -0.1) is 6.42 Å². The lowest BCUT2D eigenvalue weighted by molar-refractivity contribution is -0.384. The van der Waals surface area contributed by atoms with Gasteiger partial charge in [-0.2, -0.15) is 0 Å². The van der Waals surface area contributed by atoms with Gasteiger partial charge in [0, 0.05) is 27.7 Å². The van der Waals surface area contributed by atoms with E-state index in [9.17, 15) is 24.8 Å². The number of nitro groups is 1. The van der Waals surface area contributed by atoms with Gasteiger partial charge in [-0.3, -0.25) is 24.6 Å². The van der Waals surface area contributed by atoms with Gasteiger partial charge >= 0.3 is 0 Å². The molecule has 1 N–H and O–H groups in total. The van der Waals surface area contributed by atoms with Crippen LogP contribution in [-0.4, -0.2) is 28.3 Å². The first-order valence-corrected chi connectivity index (χ1v) is 8.62. The third-order valence-electron chi connectivity index (χ3n) is 4.36. The van der Waals surface area contributed by atoms with Crippen LogP contribution in [0.5, 0.6) is 0 Å². The maximum absolute atomic E-state index is 12.8. The maximum atomic E-state index is 12.8. The lowest BCUT2D eigenvalue weighted by Crippen LogP contribution is -2.42. The molecule has 1 unspecified atom stereocenters. The highest BCUT2D eigenvalue weighted by atomic mass is 79.9. The fourth-order valence-electron chi connectivity index (χ4n) is 3.05. The van der Waals surface area contributed by atoms with Crippen molar-refractivity contribution >= 4 is 39.0 Å². The summed E-state index contributed by atoms with van der Waals surface area (Å²) >= 11 is 3.30. The van der Waals surface area contributed by atoms with Gasteiger partial charge in [0.1, 0.15) is 0 Å². The Morgan fingerprint density at radius 1 is 1.30 bits per heavy atom. The zero-order valence-corrected chi connectivity index (χ0v) is 15.5. The van der Waals surface area contributed by atoms with Crippen LogP contribution in [-0.2, 0) is 10.4 Å². The number of nitrogens with zero attached hydrogens (tertiary/aromatic N) is 2. The fourth-order valence-corrected chi connectivity index (χ4v) is 3.41. The molecule has 7 nitrogen and oxygen atoms in total. The Hall–Kier alpha value is -3.02. The predicted molar refractivity (Wildman–Crippen MR) is 101 cm³/mol. The van der Waals surface area contributed by atoms with Crippen LogP contribution >= 0.6 is 15.9 Å². The van der Waals surface area contributed by atoms with Crippen molar-refractivity contribution in [2.75, 3.05) is 11.4 Å². The van der Waals surface area contributed by atoms with Gasteiger partial charge in [0.05, 0.1) is 23.6 Å². The van der Waals surface area contributed by atoms with Gasteiger partial charge in [-0.25, -0.2) is 0 Å². The number of amides is 1. The van der Waals surface area contributed by atoms with Gasteiger partial charge in [0.25, 0.3) is 11.6 Å². The number of carbonyl (C=O) groups is 2.